The lowest BCUT2D eigenvalue weighted by atomic mass is 10.2. The Morgan fingerprint density at radius 1 is 1.11 bits per heavy atom. The van der Waals surface area contributed by atoms with Crippen LogP contribution in [-0.2, 0) is 21.3 Å². The van der Waals surface area contributed by atoms with Crippen LogP contribution in [0.15, 0.2) is 53.4 Å². The van der Waals surface area contributed by atoms with E-state index in [4.69, 9.17) is 4.74 Å². The molecule has 6 nitrogen and oxygen atoms in total. The maximum Gasteiger partial charge on any atom is 0.251 e. The number of carbonyl (C=O) groups excluding carboxylic acids is 1. The highest BCUT2D eigenvalue weighted by atomic mass is 32.2. The molecule has 144 valence electrons. The molecule has 2 N–H and O–H groups in total. The minimum absolute atomic E-state index is 0.0868. The molecule has 1 aliphatic rings. The molecular formula is C19H21FN2O4S. The van der Waals surface area contributed by atoms with Crippen molar-refractivity contribution in [2.75, 3.05) is 13.2 Å². The predicted molar refractivity (Wildman–Crippen MR) is 98.2 cm³/mol. The van der Waals surface area contributed by atoms with Crippen molar-refractivity contribution in [2.24, 2.45) is 0 Å². The van der Waals surface area contributed by atoms with Crippen LogP contribution in [0.3, 0.4) is 0 Å². The van der Waals surface area contributed by atoms with Gasteiger partial charge in [0.2, 0.25) is 10.0 Å². The first-order chi connectivity index (χ1) is 12.9. The van der Waals surface area contributed by atoms with Gasteiger partial charge in [-0.25, -0.2) is 17.5 Å². The van der Waals surface area contributed by atoms with Crippen molar-refractivity contribution >= 4 is 15.9 Å². The number of nitrogens with one attached hydrogen (secondary N) is 2. The first-order valence-electron chi connectivity index (χ1n) is 8.68. The Morgan fingerprint density at radius 2 is 1.81 bits per heavy atom. The van der Waals surface area contributed by atoms with Crippen molar-refractivity contribution in [1.82, 2.24) is 10.0 Å². The molecule has 0 aliphatic carbocycles. The highest BCUT2D eigenvalue weighted by molar-refractivity contribution is 7.89. The van der Waals surface area contributed by atoms with Gasteiger partial charge in [0.05, 0.1) is 11.0 Å². The van der Waals surface area contributed by atoms with E-state index in [1.165, 1.54) is 36.4 Å². The van der Waals surface area contributed by atoms with Crippen molar-refractivity contribution in [2.45, 2.75) is 30.4 Å². The largest absolute Gasteiger partial charge is 0.377 e. The summed E-state index contributed by atoms with van der Waals surface area (Å²) < 4.78 is 45.4. The Hall–Kier alpha value is -2.29. The summed E-state index contributed by atoms with van der Waals surface area (Å²) in [6, 6.07) is 11.5. The number of hydrogen-bond donors (Lipinski definition) is 2. The number of rotatable bonds is 7. The molecule has 0 bridgehead atoms. The standard InChI is InChI=1S/C19H21FN2O4S/c20-16-7-3-14(4-8-16)12-21-19(23)15-5-9-18(10-6-15)27(24,25)22-13-17-2-1-11-26-17/h3-10,17,22H,1-2,11-13H2,(H,21,23). The third kappa shape index (κ3) is 5.35. The van der Waals surface area contributed by atoms with Crippen LogP contribution in [0.2, 0.25) is 0 Å². The second kappa shape index (κ2) is 8.60. The van der Waals surface area contributed by atoms with Gasteiger partial charge in [0, 0.05) is 25.3 Å². The van der Waals surface area contributed by atoms with Gasteiger partial charge in [-0.2, -0.15) is 0 Å². The van der Waals surface area contributed by atoms with E-state index in [1.807, 2.05) is 0 Å². The summed E-state index contributed by atoms with van der Waals surface area (Å²) in [7, 11) is -3.65. The topological polar surface area (TPSA) is 84.5 Å². The van der Waals surface area contributed by atoms with Gasteiger partial charge in [-0.3, -0.25) is 4.79 Å². The van der Waals surface area contributed by atoms with Crippen molar-refractivity contribution < 1.29 is 22.3 Å². The highest BCUT2D eigenvalue weighted by Gasteiger charge is 2.20. The van der Waals surface area contributed by atoms with Gasteiger partial charge in [0.1, 0.15) is 5.82 Å². The lowest BCUT2D eigenvalue weighted by Crippen LogP contribution is -2.31. The normalized spacial score (nSPS) is 17.0. The van der Waals surface area contributed by atoms with E-state index in [-0.39, 0.29) is 35.8 Å². The molecule has 0 saturated carbocycles. The molecule has 8 heteroatoms. The molecule has 1 heterocycles. The fraction of sp³-hybridized carbons (Fsp3) is 0.316. The molecule has 0 aromatic heterocycles. The summed E-state index contributed by atoms with van der Waals surface area (Å²) in [4.78, 5) is 12.3. The number of benzene rings is 2. The SMILES string of the molecule is O=C(NCc1ccc(F)cc1)c1ccc(S(=O)(=O)NCC2CCCO2)cc1. The molecule has 1 unspecified atom stereocenters. The Balaban J connectivity index is 1.56. The quantitative estimate of drug-likeness (QED) is 0.757. The monoisotopic (exact) mass is 392 g/mol. The van der Waals surface area contributed by atoms with E-state index >= 15 is 0 Å². The van der Waals surface area contributed by atoms with Crippen LogP contribution in [0.4, 0.5) is 4.39 Å². The maximum absolute atomic E-state index is 12.9. The predicted octanol–water partition coefficient (Wildman–Crippen LogP) is 2.21. The van der Waals surface area contributed by atoms with Crippen LogP contribution in [0.1, 0.15) is 28.8 Å². The lowest BCUT2D eigenvalue weighted by molar-refractivity contribution is 0.0951. The summed E-state index contributed by atoms with van der Waals surface area (Å²) in [5, 5.41) is 2.71. The second-order valence-corrected chi connectivity index (χ2v) is 8.09. The number of hydrogen-bond acceptors (Lipinski definition) is 4. The zero-order valence-electron chi connectivity index (χ0n) is 14.7. The summed E-state index contributed by atoms with van der Waals surface area (Å²) in [5.74, 6) is -0.675. The van der Waals surface area contributed by atoms with Gasteiger partial charge < -0.3 is 10.1 Å². The zero-order valence-corrected chi connectivity index (χ0v) is 15.5. The fourth-order valence-corrected chi connectivity index (χ4v) is 3.83. The maximum atomic E-state index is 12.9. The number of sulfonamides is 1. The Bertz CT molecular complexity index is 877. The van der Waals surface area contributed by atoms with E-state index in [0.717, 1.165) is 18.4 Å². The number of amides is 1. The third-order valence-electron chi connectivity index (χ3n) is 4.32. The molecule has 1 saturated heterocycles. The van der Waals surface area contributed by atoms with E-state index in [1.54, 1.807) is 12.1 Å². The molecule has 1 aliphatic heterocycles. The van der Waals surface area contributed by atoms with E-state index < -0.39 is 10.0 Å². The average molecular weight is 392 g/mol. The molecule has 1 atom stereocenters. The number of halogens is 1. The number of ether oxygens (including phenoxy) is 1. The Kier molecular flexibility index (Phi) is 6.20. The van der Waals surface area contributed by atoms with Crippen LogP contribution >= 0.6 is 0 Å². The van der Waals surface area contributed by atoms with Gasteiger partial charge in [-0.1, -0.05) is 12.1 Å². The summed E-state index contributed by atoms with van der Waals surface area (Å²) in [6.45, 7) is 1.15. The van der Waals surface area contributed by atoms with Gasteiger partial charge in [0.25, 0.3) is 5.91 Å². The van der Waals surface area contributed by atoms with Crippen LogP contribution in [0, 0.1) is 5.82 Å². The fourth-order valence-electron chi connectivity index (χ4n) is 2.76. The Labute approximate surface area is 157 Å². The zero-order chi connectivity index (χ0) is 19.3. The van der Waals surface area contributed by atoms with Crippen LogP contribution < -0.4 is 10.0 Å². The van der Waals surface area contributed by atoms with Crippen LogP contribution in [0.25, 0.3) is 0 Å². The average Bonchev–Trinajstić information content (AvgIpc) is 3.20. The van der Waals surface area contributed by atoms with E-state index in [2.05, 4.69) is 10.0 Å². The van der Waals surface area contributed by atoms with Gasteiger partial charge in [-0.05, 0) is 54.8 Å². The van der Waals surface area contributed by atoms with Crippen LogP contribution in [-0.4, -0.2) is 33.6 Å². The van der Waals surface area contributed by atoms with Crippen molar-refractivity contribution in [3.05, 3.63) is 65.5 Å². The smallest absolute Gasteiger partial charge is 0.251 e. The molecule has 0 spiro atoms. The molecule has 0 radical (unpaired) electrons. The summed E-state index contributed by atoms with van der Waals surface area (Å²) in [6.07, 6.45) is 1.69. The summed E-state index contributed by atoms with van der Waals surface area (Å²) in [5.41, 5.74) is 1.11. The second-order valence-electron chi connectivity index (χ2n) is 6.32. The van der Waals surface area contributed by atoms with Crippen LogP contribution in [0.5, 0.6) is 0 Å². The molecule has 1 fully saturated rings. The summed E-state index contributed by atoms with van der Waals surface area (Å²) >= 11 is 0. The van der Waals surface area contributed by atoms with Gasteiger partial charge in [0.15, 0.2) is 0 Å². The molecule has 2 aromatic carbocycles. The lowest BCUT2D eigenvalue weighted by Gasteiger charge is -2.12. The number of carbonyl (C=O) groups is 1. The molecule has 2 aromatic rings. The van der Waals surface area contributed by atoms with Crippen molar-refractivity contribution in [3.8, 4) is 0 Å². The van der Waals surface area contributed by atoms with Crippen molar-refractivity contribution in [1.29, 1.82) is 0 Å². The molecule has 1 amide bonds. The third-order valence-corrected chi connectivity index (χ3v) is 5.76. The van der Waals surface area contributed by atoms with Gasteiger partial charge >= 0.3 is 0 Å². The first kappa shape index (κ1) is 19.5. The minimum Gasteiger partial charge on any atom is -0.377 e. The Morgan fingerprint density at radius 3 is 2.44 bits per heavy atom. The molecule has 27 heavy (non-hydrogen) atoms. The first-order valence-corrected chi connectivity index (χ1v) is 10.2. The van der Waals surface area contributed by atoms with Crippen molar-refractivity contribution in [3.63, 3.8) is 0 Å². The van der Waals surface area contributed by atoms with E-state index in [0.29, 0.717) is 12.2 Å². The van der Waals surface area contributed by atoms with Gasteiger partial charge in [-0.15, -0.1) is 0 Å². The highest BCUT2D eigenvalue weighted by Crippen LogP contribution is 2.14. The minimum atomic E-state index is -3.65. The molecular weight excluding hydrogens is 371 g/mol. The van der Waals surface area contributed by atoms with E-state index in [9.17, 15) is 17.6 Å². The molecule has 3 rings (SSSR count).